The fourth-order valence-electron chi connectivity index (χ4n) is 2.74. The van der Waals surface area contributed by atoms with E-state index in [0.29, 0.717) is 6.42 Å². The summed E-state index contributed by atoms with van der Waals surface area (Å²) in [7, 11) is 1.47. The minimum Gasteiger partial charge on any atom is -0.469 e. The zero-order valence-electron chi connectivity index (χ0n) is 14.6. The summed E-state index contributed by atoms with van der Waals surface area (Å²) in [5, 5.41) is 0. The van der Waals surface area contributed by atoms with Crippen molar-refractivity contribution in [2.45, 2.75) is 110 Å². The van der Waals surface area contributed by atoms with Crippen molar-refractivity contribution >= 4 is 5.97 Å². The van der Waals surface area contributed by atoms with Crippen molar-refractivity contribution in [3.05, 3.63) is 0 Å². The molecule has 0 aromatic rings. The van der Waals surface area contributed by atoms with Crippen LogP contribution in [0.4, 0.5) is 0 Å². The molecule has 0 amide bonds. The lowest BCUT2D eigenvalue weighted by Crippen LogP contribution is -1.99. The van der Waals surface area contributed by atoms with E-state index < -0.39 is 0 Å². The zero-order valence-corrected chi connectivity index (χ0v) is 14.6. The standard InChI is InChI=1S/C19H38O2/c1-3-4-5-6-7-8-9-10-11-12-13-14-15-16-17-18-19(20)21-2/h3-18H2,1-2H3/i18+1. The first kappa shape index (κ1) is 20.5. The van der Waals surface area contributed by atoms with Gasteiger partial charge in [0.1, 0.15) is 0 Å². The number of hydrogen-bond acceptors (Lipinski definition) is 2. The molecule has 0 heterocycles. The molecule has 21 heavy (non-hydrogen) atoms. The van der Waals surface area contributed by atoms with E-state index in [4.69, 9.17) is 0 Å². The number of carbonyl (C=O) groups excluding carboxylic acids is 1. The van der Waals surface area contributed by atoms with Gasteiger partial charge in [-0.05, 0) is 6.42 Å². The summed E-state index contributed by atoms with van der Waals surface area (Å²) in [4.78, 5) is 10.9. The Balaban J connectivity index is 2.98. The molecule has 0 saturated heterocycles. The lowest BCUT2D eigenvalue weighted by molar-refractivity contribution is -0.140. The predicted octanol–water partition coefficient (Wildman–Crippen LogP) is 6.42. The third-order valence-electron chi connectivity index (χ3n) is 4.21. The lowest BCUT2D eigenvalue weighted by atomic mass is 10.0. The van der Waals surface area contributed by atoms with Crippen LogP contribution in [-0.4, -0.2) is 13.1 Å². The number of ether oxygens (including phenoxy) is 1. The number of esters is 1. The summed E-state index contributed by atoms with van der Waals surface area (Å²) in [5.74, 6) is -0.0651. The number of unbranched alkanes of at least 4 members (excludes halogenated alkanes) is 14. The Labute approximate surface area is 133 Å². The Hall–Kier alpha value is -0.530. The third-order valence-corrected chi connectivity index (χ3v) is 4.21. The van der Waals surface area contributed by atoms with Gasteiger partial charge in [-0.1, -0.05) is 96.8 Å². The van der Waals surface area contributed by atoms with Gasteiger partial charge >= 0.3 is 5.97 Å². The summed E-state index contributed by atoms with van der Waals surface area (Å²) in [6, 6.07) is 0. The first-order chi connectivity index (χ1) is 10.3. The molecule has 0 saturated carbocycles. The normalized spacial score (nSPS) is 10.8. The second-order valence-electron chi connectivity index (χ2n) is 6.28. The van der Waals surface area contributed by atoms with Crippen LogP contribution in [0.3, 0.4) is 0 Å². The molecule has 0 spiro atoms. The average molecular weight is 300 g/mol. The highest BCUT2D eigenvalue weighted by Gasteiger charge is 1.99. The first-order valence-electron chi connectivity index (χ1n) is 9.38. The summed E-state index contributed by atoms with van der Waals surface area (Å²) < 4.78 is 4.63. The average Bonchev–Trinajstić information content (AvgIpc) is 2.50. The van der Waals surface area contributed by atoms with E-state index in [1.807, 2.05) is 0 Å². The molecule has 2 nitrogen and oxygen atoms in total. The van der Waals surface area contributed by atoms with Gasteiger partial charge in [0.25, 0.3) is 0 Å². The molecule has 0 radical (unpaired) electrons. The predicted molar refractivity (Wildman–Crippen MR) is 91.6 cm³/mol. The van der Waals surface area contributed by atoms with Gasteiger partial charge in [0.2, 0.25) is 0 Å². The van der Waals surface area contributed by atoms with Gasteiger partial charge in [0.15, 0.2) is 0 Å². The second-order valence-corrected chi connectivity index (χ2v) is 6.28. The molecule has 0 rings (SSSR count). The molecule has 0 atom stereocenters. The van der Waals surface area contributed by atoms with Crippen LogP contribution < -0.4 is 0 Å². The van der Waals surface area contributed by atoms with Crippen LogP contribution in [0.25, 0.3) is 0 Å². The van der Waals surface area contributed by atoms with Gasteiger partial charge < -0.3 is 4.74 Å². The molecule has 2 heteroatoms. The molecule has 0 aliphatic heterocycles. The second kappa shape index (κ2) is 17.5. The van der Waals surface area contributed by atoms with Crippen LogP contribution in [0.15, 0.2) is 0 Å². The molecule has 0 aromatic carbocycles. The zero-order chi connectivity index (χ0) is 15.6. The molecule has 126 valence electrons. The largest absolute Gasteiger partial charge is 0.469 e. The first-order valence-corrected chi connectivity index (χ1v) is 9.38. The highest BCUT2D eigenvalue weighted by Crippen LogP contribution is 2.13. The smallest absolute Gasteiger partial charge is 0.305 e. The van der Waals surface area contributed by atoms with Crippen molar-refractivity contribution in [1.82, 2.24) is 0 Å². The van der Waals surface area contributed by atoms with E-state index in [2.05, 4.69) is 11.7 Å². The molecule has 0 aromatic heterocycles. The van der Waals surface area contributed by atoms with E-state index in [1.165, 1.54) is 97.0 Å². The van der Waals surface area contributed by atoms with E-state index in [-0.39, 0.29) is 5.97 Å². The van der Waals surface area contributed by atoms with Crippen LogP contribution in [0.2, 0.25) is 0 Å². The summed E-state index contributed by atoms with van der Waals surface area (Å²) in [5.41, 5.74) is 0. The summed E-state index contributed by atoms with van der Waals surface area (Å²) in [6.45, 7) is 2.28. The topological polar surface area (TPSA) is 26.3 Å². The van der Waals surface area contributed by atoms with Crippen molar-refractivity contribution in [3.63, 3.8) is 0 Å². The maximum atomic E-state index is 10.9. The summed E-state index contributed by atoms with van der Waals surface area (Å²) >= 11 is 0. The molecular formula is C19H38O2. The van der Waals surface area contributed by atoms with Crippen LogP contribution >= 0.6 is 0 Å². The Morgan fingerprint density at radius 3 is 1.29 bits per heavy atom. The third kappa shape index (κ3) is 17.4. The van der Waals surface area contributed by atoms with Gasteiger partial charge in [-0.15, -0.1) is 0 Å². The summed E-state index contributed by atoms with van der Waals surface area (Å²) in [6.07, 6.45) is 20.9. The number of rotatable bonds is 16. The molecular weight excluding hydrogens is 261 g/mol. The molecule has 0 bridgehead atoms. The van der Waals surface area contributed by atoms with Crippen molar-refractivity contribution in [2.24, 2.45) is 0 Å². The monoisotopic (exact) mass is 299 g/mol. The fraction of sp³-hybridized carbons (Fsp3) is 0.947. The maximum Gasteiger partial charge on any atom is 0.305 e. The number of hydrogen-bond donors (Lipinski definition) is 0. The molecule has 0 N–H and O–H groups in total. The van der Waals surface area contributed by atoms with Gasteiger partial charge in [-0.2, -0.15) is 0 Å². The molecule has 0 fully saturated rings. The fourth-order valence-corrected chi connectivity index (χ4v) is 2.74. The number of methoxy groups -OCH3 is 1. The van der Waals surface area contributed by atoms with Gasteiger partial charge in [0, 0.05) is 6.42 Å². The SMILES string of the molecule is CCCCCCCCCCCCCCCC[13CH2]C(=O)OC. The van der Waals surface area contributed by atoms with E-state index in [9.17, 15) is 4.79 Å². The Morgan fingerprint density at radius 2 is 0.952 bits per heavy atom. The van der Waals surface area contributed by atoms with E-state index >= 15 is 0 Å². The van der Waals surface area contributed by atoms with Crippen LogP contribution in [0, 0.1) is 0 Å². The van der Waals surface area contributed by atoms with Crippen molar-refractivity contribution < 1.29 is 9.53 Å². The Morgan fingerprint density at radius 1 is 0.619 bits per heavy atom. The highest BCUT2D eigenvalue weighted by atomic mass is 16.5. The Bertz CT molecular complexity index is 214. The van der Waals surface area contributed by atoms with Crippen LogP contribution in [0.1, 0.15) is 110 Å². The van der Waals surface area contributed by atoms with E-state index in [0.717, 1.165) is 6.42 Å². The van der Waals surface area contributed by atoms with Crippen molar-refractivity contribution in [3.8, 4) is 0 Å². The Kier molecular flexibility index (Phi) is 17.1. The van der Waals surface area contributed by atoms with Crippen molar-refractivity contribution in [2.75, 3.05) is 7.11 Å². The molecule has 0 aliphatic carbocycles. The maximum absolute atomic E-state index is 10.9. The van der Waals surface area contributed by atoms with E-state index in [1.54, 1.807) is 0 Å². The molecule has 0 aliphatic rings. The minimum atomic E-state index is -0.0651. The van der Waals surface area contributed by atoms with Gasteiger partial charge in [-0.3, -0.25) is 4.79 Å². The van der Waals surface area contributed by atoms with Crippen LogP contribution in [0.5, 0.6) is 0 Å². The number of carbonyl (C=O) groups is 1. The van der Waals surface area contributed by atoms with Crippen molar-refractivity contribution in [1.29, 1.82) is 0 Å². The van der Waals surface area contributed by atoms with Crippen LogP contribution in [-0.2, 0) is 9.53 Å². The van der Waals surface area contributed by atoms with Gasteiger partial charge in [-0.25, -0.2) is 0 Å². The quantitative estimate of drug-likeness (QED) is 0.187. The highest BCUT2D eigenvalue weighted by molar-refractivity contribution is 5.68. The lowest BCUT2D eigenvalue weighted by Gasteiger charge is -2.03. The van der Waals surface area contributed by atoms with Gasteiger partial charge in [0.05, 0.1) is 7.11 Å². The molecule has 0 unspecified atom stereocenters. The minimum absolute atomic E-state index is 0.0651.